The van der Waals surface area contributed by atoms with Crippen molar-refractivity contribution in [1.82, 2.24) is 14.8 Å². The number of aromatic nitrogens is 1. The Kier molecular flexibility index (Phi) is 5.28. The third-order valence-electron chi connectivity index (χ3n) is 6.08. The van der Waals surface area contributed by atoms with Crippen LogP contribution in [0.2, 0.25) is 0 Å². The fourth-order valence-corrected chi connectivity index (χ4v) is 4.36. The third-order valence-corrected chi connectivity index (χ3v) is 6.08. The lowest BCUT2D eigenvalue weighted by molar-refractivity contribution is 0.0369. The molecule has 3 heterocycles. The molecule has 32 heavy (non-hydrogen) atoms. The first-order valence-corrected chi connectivity index (χ1v) is 10.2. The zero-order chi connectivity index (χ0) is 23.4. The molecule has 8 nitrogen and oxygen atoms in total. The van der Waals surface area contributed by atoms with Gasteiger partial charge in [-0.15, -0.1) is 0 Å². The van der Waals surface area contributed by atoms with Crippen LogP contribution in [0.15, 0.2) is 23.1 Å². The second-order valence-electron chi connectivity index (χ2n) is 8.72. The molecule has 0 saturated carbocycles. The van der Waals surface area contributed by atoms with Crippen LogP contribution in [0.25, 0.3) is 0 Å². The quantitative estimate of drug-likeness (QED) is 0.662. The number of rotatable bonds is 3. The molecule has 2 aliphatic rings. The summed E-state index contributed by atoms with van der Waals surface area (Å²) in [6.07, 6.45) is 1.73. The number of carbonyl (C=O) groups is 2. The van der Waals surface area contributed by atoms with E-state index in [-0.39, 0.29) is 30.8 Å². The van der Waals surface area contributed by atoms with E-state index >= 15 is 0 Å². The number of aryl methyl sites for hydroxylation is 1. The van der Waals surface area contributed by atoms with E-state index in [1.165, 1.54) is 16.4 Å². The molecule has 2 aliphatic heterocycles. The SMILES string of the molecule is Cc1cc(F)c(CNC(=O)c2cn3c(c(O)c2=O)C(=O)N2CCC(C)(O)CC3C2)c(F)c1. The summed E-state index contributed by atoms with van der Waals surface area (Å²) >= 11 is 0. The van der Waals surface area contributed by atoms with Crippen LogP contribution in [0.3, 0.4) is 0 Å². The van der Waals surface area contributed by atoms with Gasteiger partial charge in [0.1, 0.15) is 17.2 Å². The van der Waals surface area contributed by atoms with Crippen molar-refractivity contribution in [2.45, 2.75) is 44.9 Å². The Morgan fingerprint density at radius 1 is 1.28 bits per heavy atom. The molecule has 2 atom stereocenters. The van der Waals surface area contributed by atoms with Crippen molar-refractivity contribution in [2.24, 2.45) is 0 Å². The monoisotopic (exact) mass is 447 g/mol. The van der Waals surface area contributed by atoms with E-state index in [0.29, 0.717) is 12.0 Å². The number of halogens is 2. The van der Waals surface area contributed by atoms with E-state index in [2.05, 4.69) is 5.32 Å². The average molecular weight is 447 g/mol. The number of carbonyl (C=O) groups excluding carboxylic acids is 2. The van der Waals surface area contributed by atoms with Gasteiger partial charge in [0, 0.05) is 31.4 Å². The number of benzene rings is 1. The van der Waals surface area contributed by atoms with Gasteiger partial charge in [-0.3, -0.25) is 14.4 Å². The predicted molar refractivity (Wildman–Crippen MR) is 109 cm³/mol. The number of hydrogen-bond acceptors (Lipinski definition) is 5. The Morgan fingerprint density at radius 2 is 1.94 bits per heavy atom. The molecule has 2 amide bonds. The highest BCUT2D eigenvalue weighted by atomic mass is 19.1. The zero-order valence-corrected chi connectivity index (χ0v) is 17.6. The van der Waals surface area contributed by atoms with E-state index < -0.39 is 58.4 Å². The Morgan fingerprint density at radius 3 is 2.59 bits per heavy atom. The van der Waals surface area contributed by atoms with Crippen LogP contribution < -0.4 is 10.7 Å². The molecular weight excluding hydrogens is 424 g/mol. The number of pyridine rings is 1. The van der Waals surface area contributed by atoms with Gasteiger partial charge in [0.05, 0.1) is 11.6 Å². The van der Waals surface area contributed by atoms with Gasteiger partial charge in [-0.1, -0.05) is 0 Å². The first-order chi connectivity index (χ1) is 15.0. The van der Waals surface area contributed by atoms with Gasteiger partial charge in [-0.2, -0.15) is 0 Å². The summed E-state index contributed by atoms with van der Waals surface area (Å²) in [6, 6.07) is 1.78. The second kappa shape index (κ2) is 7.70. The number of amides is 2. The molecule has 2 unspecified atom stereocenters. The minimum atomic E-state index is -1.08. The van der Waals surface area contributed by atoms with Gasteiger partial charge in [0.25, 0.3) is 11.8 Å². The molecule has 1 fully saturated rings. The van der Waals surface area contributed by atoms with Gasteiger partial charge in [-0.25, -0.2) is 8.78 Å². The lowest BCUT2D eigenvalue weighted by Gasteiger charge is -2.34. The molecule has 1 aromatic carbocycles. The average Bonchev–Trinajstić information content (AvgIpc) is 2.84. The summed E-state index contributed by atoms with van der Waals surface area (Å²) in [4.78, 5) is 39.6. The molecule has 2 bridgehead atoms. The van der Waals surface area contributed by atoms with Gasteiger partial charge in [0.2, 0.25) is 5.43 Å². The Labute approximate surface area is 182 Å². The van der Waals surface area contributed by atoms with Crippen LogP contribution >= 0.6 is 0 Å². The maximum atomic E-state index is 14.1. The molecule has 2 aromatic rings. The standard InChI is InChI=1S/C22H23F2N3O5/c1-11-5-15(23)13(16(24)6-11)8-25-20(30)14-10-27-12-7-22(2,32)3-4-26(9-12)21(31)17(27)19(29)18(14)28/h5-6,10,12,29,32H,3-4,7-9H2,1-2H3,(H,25,30). The number of nitrogens with one attached hydrogen (secondary N) is 1. The zero-order valence-electron chi connectivity index (χ0n) is 17.6. The molecule has 4 rings (SSSR count). The van der Waals surface area contributed by atoms with Gasteiger partial charge >= 0.3 is 0 Å². The molecule has 1 saturated heterocycles. The van der Waals surface area contributed by atoms with Crippen LogP contribution in [0.4, 0.5) is 8.78 Å². The number of fused-ring (bicyclic) bond motifs is 4. The van der Waals surface area contributed by atoms with Crippen molar-refractivity contribution in [3.63, 3.8) is 0 Å². The van der Waals surface area contributed by atoms with Crippen molar-refractivity contribution in [2.75, 3.05) is 13.1 Å². The summed E-state index contributed by atoms with van der Waals surface area (Å²) in [5.41, 5.74) is -2.83. The Hall–Kier alpha value is -3.27. The van der Waals surface area contributed by atoms with Crippen molar-refractivity contribution in [1.29, 1.82) is 0 Å². The summed E-state index contributed by atoms with van der Waals surface area (Å²) in [7, 11) is 0. The second-order valence-corrected chi connectivity index (χ2v) is 8.72. The van der Waals surface area contributed by atoms with Crippen LogP contribution in [0, 0.1) is 18.6 Å². The highest BCUT2D eigenvalue weighted by molar-refractivity contribution is 5.99. The summed E-state index contributed by atoms with van der Waals surface area (Å²) < 4.78 is 29.5. The smallest absolute Gasteiger partial charge is 0.274 e. The first kappa shape index (κ1) is 21.9. The van der Waals surface area contributed by atoms with Crippen molar-refractivity contribution in [3.05, 3.63) is 62.6 Å². The maximum absolute atomic E-state index is 14.1. The molecule has 170 valence electrons. The molecule has 0 radical (unpaired) electrons. The number of aromatic hydroxyl groups is 1. The fraction of sp³-hybridized carbons (Fsp3) is 0.409. The van der Waals surface area contributed by atoms with E-state index in [1.807, 2.05) is 0 Å². The van der Waals surface area contributed by atoms with Crippen molar-refractivity contribution >= 4 is 11.8 Å². The minimum Gasteiger partial charge on any atom is -0.503 e. The number of aliphatic hydroxyl groups is 1. The predicted octanol–water partition coefficient (Wildman–Crippen LogP) is 1.61. The van der Waals surface area contributed by atoms with Gasteiger partial charge in [0.15, 0.2) is 11.4 Å². The molecule has 1 aromatic heterocycles. The number of hydrogen-bond donors (Lipinski definition) is 3. The van der Waals surface area contributed by atoms with Crippen LogP contribution in [-0.2, 0) is 6.54 Å². The topological polar surface area (TPSA) is 112 Å². The molecular formula is C22H23F2N3O5. The van der Waals surface area contributed by atoms with Gasteiger partial charge in [-0.05, 0) is 44.4 Å². The summed E-state index contributed by atoms with van der Waals surface area (Å²) in [5.74, 6) is -4.05. The highest BCUT2D eigenvalue weighted by Gasteiger charge is 2.41. The van der Waals surface area contributed by atoms with E-state index in [9.17, 15) is 33.4 Å². The van der Waals surface area contributed by atoms with Gasteiger partial charge < -0.3 is 25.0 Å². The van der Waals surface area contributed by atoms with Crippen LogP contribution in [0.1, 0.15) is 57.8 Å². The minimum absolute atomic E-state index is 0.240. The lowest BCUT2D eigenvalue weighted by Crippen LogP contribution is -2.44. The maximum Gasteiger partial charge on any atom is 0.274 e. The largest absolute Gasteiger partial charge is 0.503 e. The van der Waals surface area contributed by atoms with Crippen molar-refractivity contribution in [3.8, 4) is 5.75 Å². The van der Waals surface area contributed by atoms with Crippen molar-refractivity contribution < 1.29 is 28.6 Å². The van der Waals surface area contributed by atoms with E-state index in [1.54, 1.807) is 6.92 Å². The number of nitrogens with zero attached hydrogens (tertiary/aromatic N) is 2. The summed E-state index contributed by atoms with van der Waals surface area (Å²) in [5, 5.41) is 23.4. The molecule has 3 N–H and O–H groups in total. The molecule has 0 spiro atoms. The fourth-order valence-electron chi connectivity index (χ4n) is 4.36. The highest BCUT2D eigenvalue weighted by Crippen LogP contribution is 2.35. The summed E-state index contributed by atoms with van der Waals surface area (Å²) in [6.45, 7) is 3.18. The molecule has 10 heteroatoms. The Balaban J connectivity index is 1.69. The first-order valence-electron chi connectivity index (χ1n) is 10.2. The van der Waals surface area contributed by atoms with E-state index in [0.717, 1.165) is 18.3 Å². The van der Waals surface area contributed by atoms with Crippen LogP contribution in [0.5, 0.6) is 5.75 Å². The third kappa shape index (κ3) is 3.75. The molecule has 0 aliphatic carbocycles. The van der Waals surface area contributed by atoms with Crippen LogP contribution in [-0.4, -0.2) is 50.2 Å². The Bertz CT molecular complexity index is 1170. The lowest BCUT2D eigenvalue weighted by atomic mass is 9.94. The van der Waals surface area contributed by atoms with E-state index in [4.69, 9.17) is 0 Å². The normalized spacial score (nSPS) is 22.3.